The zero-order chi connectivity index (χ0) is 18.9. The number of nitrogens with zero attached hydrogens (tertiary/aromatic N) is 4. The number of methoxy groups -OCH3 is 1. The molecule has 0 fully saturated rings. The molecule has 3 aromatic rings. The first-order valence-electron chi connectivity index (χ1n) is 7.21. The number of aromatic nitrogens is 4. The number of benzene rings is 2. The number of ether oxygens (including phenoxy) is 1. The van der Waals surface area contributed by atoms with Crippen LogP contribution in [0.3, 0.4) is 0 Å². The van der Waals surface area contributed by atoms with Crippen LogP contribution in [0.2, 0.25) is 5.02 Å². The van der Waals surface area contributed by atoms with Crippen molar-refractivity contribution in [2.24, 2.45) is 5.14 Å². The van der Waals surface area contributed by atoms with E-state index in [1.807, 2.05) is 24.3 Å². The number of sulfonamides is 1. The number of hydrogen-bond donors (Lipinski definition) is 1. The van der Waals surface area contributed by atoms with E-state index in [0.717, 1.165) is 11.3 Å². The number of halogens is 2. The minimum absolute atomic E-state index is 0.117. The first-order valence-corrected chi connectivity index (χ1v) is 9.92. The zero-order valence-corrected chi connectivity index (χ0v) is 16.6. The van der Waals surface area contributed by atoms with E-state index in [4.69, 9.17) is 21.5 Å². The zero-order valence-electron chi connectivity index (χ0n) is 13.4. The monoisotopic (exact) mass is 457 g/mol. The lowest BCUT2D eigenvalue weighted by molar-refractivity contribution is 0.414. The largest absolute Gasteiger partial charge is 0.497 e. The number of rotatable bonds is 5. The van der Waals surface area contributed by atoms with Gasteiger partial charge in [-0.2, -0.15) is 4.80 Å². The molecule has 8 nitrogen and oxygen atoms in total. The average Bonchev–Trinajstić information content (AvgIpc) is 3.02. The molecule has 0 unspecified atom stereocenters. The number of primary sulfonamides is 1. The standard InChI is InChI=1S/C15H13BrClN5O3S/c1-25-11-4-2-9(3-5-11)8-22-20-15(19-21-22)14-12(16)6-10(17)7-13(14)26(18,23)24/h2-7H,8H2,1H3,(H2,18,23,24). The van der Waals surface area contributed by atoms with Crippen LogP contribution in [0.5, 0.6) is 5.75 Å². The molecule has 0 aliphatic heterocycles. The van der Waals surface area contributed by atoms with Gasteiger partial charge in [-0.1, -0.05) is 23.7 Å². The second kappa shape index (κ2) is 7.31. The van der Waals surface area contributed by atoms with Crippen LogP contribution < -0.4 is 9.88 Å². The summed E-state index contributed by atoms with van der Waals surface area (Å²) < 4.78 is 29.3. The van der Waals surface area contributed by atoms with Gasteiger partial charge in [0.05, 0.1) is 24.1 Å². The Balaban J connectivity index is 1.97. The van der Waals surface area contributed by atoms with Crippen LogP contribution in [0, 0.1) is 0 Å². The second-order valence-corrected chi connectivity index (χ2v) is 8.12. The molecule has 2 N–H and O–H groups in total. The summed E-state index contributed by atoms with van der Waals surface area (Å²) in [6.45, 7) is 0.354. The molecule has 0 aliphatic carbocycles. The van der Waals surface area contributed by atoms with E-state index in [-0.39, 0.29) is 21.3 Å². The van der Waals surface area contributed by atoms with Crippen molar-refractivity contribution in [2.45, 2.75) is 11.4 Å². The van der Waals surface area contributed by atoms with Crippen LogP contribution in [-0.2, 0) is 16.6 Å². The summed E-state index contributed by atoms with van der Waals surface area (Å²) >= 11 is 9.21. The van der Waals surface area contributed by atoms with Crippen LogP contribution in [0.15, 0.2) is 45.8 Å². The van der Waals surface area contributed by atoms with Gasteiger partial charge < -0.3 is 4.74 Å². The number of tetrazole rings is 1. The topological polar surface area (TPSA) is 113 Å². The van der Waals surface area contributed by atoms with E-state index in [1.54, 1.807) is 7.11 Å². The fourth-order valence-corrected chi connectivity index (χ4v) is 4.26. The highest BCUT2D eigenvalue weighted by molar-refractivity contribution is 9.10. The molecule has 0 saturated carbocycles. The van der Waals surface area contributed by atoms with E-state index in [9.17, 15) is 8.42 Å². The fourth-order valence-electron chi connectivity index (χ4n) is 2.30. The van der Waals surface area contributed by atoms with Gasteiger partial charge in [0.15, 0.2) is 0 Å². The minimum Gasteiger partial charge on any atom is -0.497 e. The van der Waals surface area contributed by atoms with Crippen LogP contribution in [0.4, 0.5) is 0 Å². The first kappa shape index (κ1) is 18.8. The van der Waals surface area contributed by atoms with Crippen LogP contribution in [0.1, 0.15) is 5.56 Å². The maximum atomic E-state index is 11.9. The molecule has 1 heterocycles. The van der Waals surface area contributed by atoms with E-state index in [2.05, 4.69) is 31.3 Å². The fraction of sp³-hybridized carbons (Fsp3) is 0.133. The number of hydrogen-bond acceptors (Lipinski definition) is 6. The summed E-state index contributed by atoms with van der Waals surface area (Å²) in [7, 11) is -2.44. The summed E-state index contributed by atoms with van der Waals surface area (Å²) in [6, 6.07) is 10.2. The van der Waals surface area contributed by atoms with Gasteiger partial charge in [-0.15, -0.1) is 10.2 Å². The van der Waals surface area contributed by atoms with Crippen LogP contribution >= 0.6 is 27.5 Å². The first-order chi connectivity index (χ1) is 12.3. The highest BCUT2D eigenvalue weighted by atomic mass is 79.9. The van der Waals surface area contributed by atoms with Gasteiger partial charge >= 0.3 is 0 Å². The Hall–Kier alpha value is -2.01. The van der Waals surface area contributed by atoms with Gasteiger partial charge in [0.1, 0.15) is 5.75 Å². The maximum Gasteiger partial charge on any atom is 0.238 e. The molecule has 0 radical (unpaired) electrons. The predicted octanol–water partition coefficient (Wildman–Crippen LogP) is 2.46. The quantitative estimate of drug-likeness (QED) is 0.628. The molecule has 136 valence electrons. The molecule has 11 heteroatoms. The summed E-state index contributed by atoms with van der Waals surface area (Å²) in [6.07, 6.45) is 0. The van der Waals surface area contributed by atoms with Crippen molar-refractivity contribution < 1.29 is 13.2 Å². The molecule has 0 bridgehead atoms. The van der Waals surface area contributed by atoms with Gasteiger partial charge in [0.2, 0.25) is 15.8 Å². The molecule has 0 atom stereocenters. The van der Waals surface area contributed by atoms with E-state index < -0.39 is 10.0 Å². The third kappa shape index (κ3) is 4.04. The Labute approximate surface area is 163 Å². The molecule has 3 rings (SSSR count). The van der Waals surface area contributed by atoms with Gasteiger partial charge in [-0.25, -0.2) is 13.6 Å². The lowest BCUT2D eigenvalue weighted by Crippen LogP contribution is -2.14. The van der Waals surface area contributed by atoms with Crippen LogP contribution in [-0.4, -0.2) is 35.7 Å². The van der Waals surface area contributed by atoms with Crippen molar-refractivity contribution in [1.82, 2.24) is 20.2 Å². The molecular formula is C15H13BrClN5O3S. The molecule has 26 heavy (non-hydrogen) atoms. The molecular weight excluding hydrogens is 446 g/mol. The lowest BCUT2D eigenvalue weighted by Gasteiger charge is -2.07. The van der Waals surface area contributed by atoms with Gasteiger partial charge in [-0.3, -0.25) is 0 Å². The van der Waals surface area contributed by atoms with Crippen LogP contribution in [0.25, 0.3) is 11.4 Å². The summed E-state index contributed by atoms with van der Waals surface area (Å²) in [5, 5.41) is 17.7. The van der Waals surface area contributed by atoms with Gasteiger partial charge in [-0.05, 0) is 51.0 Å². The maximum absolute atomic E-state index is 11.9. The summed E-state index contributed by atoms with van der Waals surface area (Å²) in [5.41, 5.74) is 1.13. The Morgan fingerprint density at radius 1 is 1.27 bits per heavy atom. The lowest BCUT2D eigenvalue weighted by atomic mass is 10.2. The normalized spacial score (nSPS) is 11.5. The predicted molar refractivity (Wildman–Crippen MR) is 99.4 cm³/mol. The SMILES string of the molecule is COc1ccc(Cn2nnc(-c3c(Br)cc(Cl)cc3S(N)(=O)=O)n2)cc1. The Kier molecular flexibility index (Phi) is 5.28. The van der Waals surface area contributed by atoms with Gasteiger partial charge in [0, 0.05) is 9.50 Å². The van der Waals surface area contributed by atoms with E-state index >= 15 is 0 Å². The highest BCUT2D eigenvalue weighted by Crippen LogP contribution is 2.34. The highest BCUT2D eigenvalue weighted by Gasteiger charge is 2.22. The second-order valence-electron chi connectivity index (χ2n) is 5.30. The minimum atomic E-state index is -4.03. The van der Waals surface area contributed by atoms with Crippen molar-refractivity contribution in [3.8, 4) is 17.1 Å². The Morgan fingerprint density at radius 3 is 2.58 bits per heavy atom. The third-order valence-corrected chi connectivity index (χ3v) is 5.26. The molecule has 0 amide bonds. The van der Waals surface area contributed by atoms with Crippen molar-refractivity contribution in [3.05, 3.63) is 51.5 Å². The average molecular weight is 459 g/mol. The number of nitrogens with two attached hydrogens (primary N) is 1. The molecule has 0 aliphatic rings. The van der Waals surface area contributed by atoms with E-state index in [0.29, 0.717) is 11.0 Å². The van der Waals surface area contributed by atoms with Crippen molar-refractivity contribution in [1.29, 1.82) is 0 Å². The summed E-state index contributed by atoms with van der Waals surface area (Å²) in [5.74, 6) is 0.856. The van der Waals surface area contributed by atoms with Crippen molar-refractivity contribution in [3.63, 3.8) is 0 Å². The third-order valence-electron chi connectivity index (χ3n) is 3.48. The van der Waals surface area contributed by atoms with Crippen molar-refractivity contribution >= 4 is 37.6 Å². The van der Waals surface area contributed by atoms with Gasteiger partial charge in [0.25, 0.3) is 0 Å². The molecule has 2 aromatic carbocycles. The molecule has 1 aromatic heterocycles. The molecule has 0 saturated heterocycles. The molecule has 0 spiro atoms. The Bertz CT molecular complexity index is 1050. The smallest absolute Gasteiger partial charge is 0.238 e. The summed E-state index contributed by atoms with van der Waals surface area (Å²) in [4.78, 5) is 1.17. The Morgan fingerprint density at radius 2 is 1.96 bits per heavy atom. The van der Waals surface area contributed by atoms with Crippen molar-refractivity contribution in [2.75, 3.05) is 7.11 Å². The van der Waals surface area contributed by atoms with E-state index in [1.165, 1.54) is 16.9 Å².